The first kappa shape index (κ1) is 13.7. The molecule has 0 radical (unpaired) electrons. The lowest BCUT2D eigenvalue weighted by Gasteiger charge is -2.17. The second kappa shape index (κ2) is 6.45. The number of anilines is 1. The highest BCUT2D eigenvalue weighted by Gasteiger charge is 2.25. The van der Waals surface area contributed by atoms with Gasteiger partial charge in [-0.1, -0.05) is 19.4 Å². The number of hydrogen-bond donors (Lipinski definition) is 1. The molecule has 1 aromatic rings. The summed E-state index contributed by atoms with van der Waals surface area (Å²) in [4.78, 5) is 13.9. The summed E-state index contributed by atoms with van der Waals surface area (Å²) in [5.41, 5.74) is 6.31. The van der Waals surface area contributed by atoms with Gasteiger partial charge in [-0.15, -0.1) is 0 Å². The molecule has 0 aliphatic carbocycles. The maximum Gasteiger partial charge on any atom is 0.260 e. The number of benzene rings is 1. The highest BCUT2D eigenvalue weighted by Crippen LogP contribution is 2.21. The van der Waals surface area contributed by atoms with Crippen LogP contribution < -0.4 is 10.5 Å². The summed E-state index contributed by atoms with van der Waals surface area (Å²) in [6, 6.07) is 7.16. The molecule has 0 aromatic heterocycles. The number of ether oxygens (including phenoxy) is 1. The molecular formula is C15H22N2O2. The van der Waals surface area contributed by atoms with Crippen LogP contribution in [0.25, 0.3) is 0 Å². The molecular weight excluding hydrogens is 240 g/mol. The fourth-order valence-electron chi connectivity index (χ4n) is 2.54. The van der Waals surface area contributed by atoms with Gasteiger partial charge in [0.25, 0.3) is 5.91 Å². The molecule has 1 aromatic carbocycles. The van der Waals surface area contributed by atoms with Crippen LogP contribution in [0.15, 0.2) is 24.3 Å². The van der Waals surface area contributed by atoms with Gasteiger partial charge in [0.05, 0.1) is 0 Å². The topological polar surface area (TPSA) is 55.6 Å². The van der Waals surface area contributed by atoms with Crippen molar-refractivity contribution in [3.05, 3.63) is 24.3 Å². The van der Waals surface area contributed by atoms with E-state index in [4.69, 9.17) is 10.5 Å². The smallest absolute Gasteiger partial charge is 0.260 e. The van der Waals surface area contributed by atoms with E-state index < -0.39 is 0 Å². The van der Waals surface area contributed by atoms with E-state index in [9.17, 15) is 4.79 Å². The number of nitrogens with two attached hydrogens (primary N) is 1. The Morgan fingerprint density at radius 1 is 1.53 bits per heavy atom. The molecule has 2 rings (SSSR count). The predicted molar refractivity (Wildman–Crippen MR) is 75.9 cm³/mol. The van der Waals surface area contributed by atoms with Crippen LogP contribution >= 0.6 is 0 Å². The molecule has 4 nitrogen and oxygen atoms in total. The van der Waals surface area contributed by atoms with Gasteiger partial charge >= 0.3 is 0 Å². The first-order chi connectivity index (χ1) is 9.19. The minimum atomic E-state index is 0.0704. The largest absolute Gasteiger partial charge is 0.484 e. The zero-order valence-corrected chi connectivity index (χ0v) is 11.5. The fourth-order valence-corrected chi connectivity index (χ4v) is 2.54. The van der Waals surface area contributed by atoms with Crippen molar-refractivity contribution >= 4 is 11.6 Å². The number of nitrogen functional groups attached to an aromatic ring is 1. The van der Waals surface area contributed by atoms with Crippen molar-refractivity contribution in [2.75, 3.05) is 25.4 Å². The summed E-state index contributed by atoms with van der Waals surface area (Å²) in [6.45, 7) is 4.03. The summed E-state index contributed by atoms with van der Waals surface area (Å²) in [6.07, 6.45) is 3.52. The van der Waals surface area contributed by atoms with E-state index in [1.807, 2.05) is 17.0 Å². The third kappa shape index (κ3) is 3.88. The van der Waals surface area contributed by atoms with Crippen LogP contribution in [-0.4, -0.2) is 30.5 Å². The Hall–Kier alpha value is -1.71. The minimum absolute atomic E-state index is 0.0704. The average molecular weight is 262 g/mol. The molecule has 104 valence electrons. The SMILES string of the molecule is CCCC1CCN(C(=O)COc2cccc(N)c2)C1. The van der Waals surface area contributed by atoms with E-state index >= 15 is 0 Å². The lowest BCUT2D eigenvalue weighted by atomic mass is 10.0. The molecule has 0 bridgehead atoms. The van der Waals surface area contributed by atoms with Crippen molar-refractivity contribution < 1.29 is 9.53 Å². The van der Waals surface area contributed by atoms with Crippen molar-refractivity contribution in [3.8, 4) is 5.75 Å². The van der Waals surface area contributed by atoms with Gasteiger partial charge in [-0.25, -0.2) is 0 Å². The Morgan fingerprint density at radius 2 is 2.37 bits per heavy atom. The summed E-state index contributed by atoms with van der Waals surface area (Å²) in [7, 11) is 0. The van der Waals surface area contributed by atoms with E-state index in [1.54, 1.807) is 12.1 Å². The minimum Gasteiger partial charge on any atom is -0.484 e. The molecule has 0 saturated carbocycles. The second-order valence-electron chi connectivity index (χ2n) is 5.14. The van der Waals surface area contributed by atoms with Crippen molar-refractivity contribution in [1.29, 1.82) is 0 Å². The van der Waals surface area contributed by atoms with Gasteiger partial charge in [0, 0.05) is 24.8 Å². The summed E-state index contributed by atoms with van der Waals surface area (Å²) >= 11 is 0. The molecule has 2 N–H and O–H groups in total. The summed E-state index contributed by atoms with van der Waals surface area (Å²) in [5.74, 6) is 1.39. The van der Waals surface area contributed by atoms with Crippen LogP contribution in [0.3, 0.4) is 0 Å². The number of likely N-dealkylation sites (tertiary alicyclic amines) is 1. The standard InChI is InChI=1S/C15H22N2O2/c1-2-4-12-7-8-17(10-12)15(18)11-19-14-6-3-5-13(16)9-14/h3,5-6,9,12H,2,4,7-8,10-11,16H2,1H3. The molecule has 1 heterocycles. The molecule has 1 fully saturated rings. The van der Waals surface area contributed by atoms with Crippen molar-refractivity contribution in [2.24, 2.45) is 5.92 Å². The zero-order valence-electron chi connectivity index (χ0n) is 11.5. The van der Waals surface area contributed by atoms with Crippen molar-refractivity contribution in [2.45, 2.75) is 26.2 Å². The first-order valence-corrected chi connectivity index (χ1v) is 6.95. The van der Waals surface area contributed by atoms with Crippen LogP contribution in [0, 0.1) is 5.92 Å². The molecule has 1 unspecified atom stereocenters. The average Bonchev–Trinajstić information content (AvgIpc) is 2.85. The molecule has 1 saturated heterocycles. The highest BCUT2D eigenvalue weighted by molar-refractivity contribution is 5.78. The van der Waals surface area contributed by atoms with E-state index in [2.05, 4.69) is 6.92 Å². The van der Waals surface area contributed by atoms with Gasteiger partial charge in [-0.2, -0.15) is 0 Å². The quantitative estimate of drug-likeness (QED) is 0.828. The van der Waals surface area contributed by atoms with E-state index in [0.717, 1.165) is 19.5 Å². The van der Waals surface area contributed by atoms with E-state index in [1.165, 1.54) is 12.8 Å². The number of hydrogen-bond acceptors (Lipinski definition) is 3. The molecule has 1 atom stereocenters. The Labute approximate surface area is 114 Å². The van der Waals surface area contributed by atoms with Crippen LogP contribution in [0.2, 0.25) is 0 Å². The molecule has 4 heteroatoms. The van der Waals surface area contributed by atoms with Crippen molar-refractivity contribution in [1.82, 2.24) is 4.90 Å². The molecule has 19 heavy (non-hydrogen) atoms. The number of rotatable bonds is 5. The number of amides is 1. The Bertz CT molecular complexity index is 434. The van der Waals surface area contributed by atoms with Gasteiger partial charge < -0.3 is 15.4 Å². The third-order valence-corrected chi connectivity index (χ3v) is 3.56. The maximum atomic E-state index is 12.0. The predicted octanol–water partition coefficient (Wildman–Crippen LogP) is 2.30. The van der Waals surface area contributed by atoms with Crippen LogP contribution in [0.4, 0.5) is 5.69 Å². The molecule has 1 amide bonds. The second-order valence-corrected chi connectivity index (χ2v) is 5.14. The number of carbonyl (C=O) groups excluding carboxylic acids is 1. The highest BCUT2D eigenvalue weighted by atomic mass is 16.5. The number of carbonyl (C=O) groups is 1. The van der Waals surface area contributed by atoms with Gasteiger partial charge in [0.1, 0.15) is 5.75 Å². The zero-order chi connectivity index (χ0) is 13.7. The van der Waals surface area contributed by atoms with Gasteiger partial charge in [0.15, 0.2) is 6.61 Å². The lowest BCUT2D eigenvalue weighted by molar-refractivity contribution is -0.132. The first-order valence-electron chi connectivity index (χ1n) is 6.95. The van der Waals surface area contributed by atoms with Gasteiger partial charge in [0.2, 0.25) is 0 Å². The fraction of sp³-hybridized carbons (Fsp3) is 0.533. The van der Waals surface area contributed by atoms with Gasteiger partial charge in [-0.3, -0.25) is 4.79 Å². The number of nitrogens with zero attached hydrogens (tertiary/aromatic N) is 1. The van der Waals surface area contributed by atoms with Gasteiger partial charge in [-0.05, 0) is 30.9 Å². The molecule has 0 spiro atoms. The van der Waals surface area contributed by atoms with Crippen LogP contribution in [0.5, 0.6) is 5.75 Å². The van der Waals surface area contributed by atoms with E-state index in [-0.39, 0.29) is 12.5 Å². The molecule has 1 aliphatic heterocycles. The maximum absolute atomic E-state index is 12.0. The molecule has 1 aliphatic rings. The Balaban J connectivity index is 1.79. The normalized spacial score (nSPS) is 18.6. The van der Waals surface area contributed by atoms with Crippen LogP contribution in [-0.2, 0) is 4.79 Å². The lowest BCUT2D eigenvalue weighted by Crippen LogP contribution is -2.33. The van der Waals surface area contributed by atoms with E-state index in [0.29, 0.717) is 17.4 Å². The van der Waals surface area contributed by atoms with Crippen LogP contribution in [0.1, 0.15) is 26.2 Å². The summed E-state index contributed by atoms with van der Waals surface area (Å²) < 4.78 is 5.49. The van der Waals surface area contributed by atoms with Crippen molar-refractivity contribution in [3.63, 3.8) is 0 Å². The third-order valence-electron chi connectivity index (χ3n) is 3.56. The Morgan fingerprint density at radius 3 is 3.11 bits per heavy atom. The summed E-state index contributed by atoms with van der Waals surface area (Å²) in [5, 5.41) is 0. The monoisotopic (exact) mass is 262 g/mol. The Kier molecular flexibility index (Phi) is 4.66.